The van der Waals surface area contributed by atoms with Crippen molar-refractivity contribution in [3.8, 4) is 0 Å². The van der Waals surface area contributed by atoms with E-state index in [2.05, 4.69) is 25.5 Å². The molecule has 0 atom stereocenters. The van der Waals surface area contributed by atoms with Crippen LogP contribution in [0.5, 0.6) is 0 Å². The third-order valence-corrected chi connectivity index (χ3v) is 7.93. The van der Waals surface area contributed by atoms with Gasteiger partial charge in [0, 0.05) is 13.1 Å². The Morgan fingerprint density at radius 2 is 1.93 bits per heavy atom. The Hall–Kier alpha value is -2.56. The second kappa shape index (κ2) is 9.07. The summed E-state index contributed by atoms with van der Waals surface area (Å²) in [5.41, 5.74) is 0.698. The highest BCUT2D eigenvalue weighted by molar-refractivity contribution is 7.93. The van der Waals surface area contributed by atoms with E-state index in [4.69, 9.17) is 0 Å². The van der Waals surface area contributed by atoms with E-state index < -0.39 is 15.7 Å². The highest BCUT2D eigenvalue weighted by atomic mass is 32.2. The number of hydrogen-bond acceptors (Lipinski definition) is 8. The molecule has 0 bridgehead atoms. The Kier molecular flexibility index (Phi) is 6.26. The summed E-state index contributed by atoms with van der Waals surface area (Å²) in [5.74, 6) is 0.187. The van der Waals surface area contributed by atoms with Crippen LogP contribution < -0.4 is 10.6 Å². The van der Waals surface area contributed by atoms with Crippen molar-refractivity contribution >= 4 is 37.8 Å². The number of likely N-dealkylation sites (tertiary alicyclic amines) is 1. The summed E-state index contributed by atoms with van der Waals surface area (Å²) in [6, 6.07) is 8.66. The molecule has 4 rings (SSSR count). The van der Waals surface area contributed by atoms with Gasteiger partial charge < -0.3 is 15.5 Å². The molecule has 2 N–H and O–H groups in total. The highest BCUT2D eigenvalue weighted by Crippen LogP contribution is 2.30. The summed E-state index contributed by atoms with van der Waals surface area (Å²) >= 11 is 0.986. The lowest BCUT2D eigenvalue weighted by Crippen LogP contribution is -2.26. The number of nitrogens with zero attached hydrogens (tertiary/aromatic N) is 3. The molecule has 1 aromatic carbocycles. The number of benzene rings is 1. The van der Waals surface area contributed by atoms with Crippen molar-refractivity contribution in [2.45, 2.75) is 21.9 Å². The molecule has 7 nitrogen and oxygen atoms in total. The van der Waals surface area contributed by atoms with Crippen LogP contribution in [0.25, 0.3) is 0 Å². The molecule has 0 amide bonds. The molecule has 3 heterocycles. The first kappa shape index (κ1) is 20.7. The minimum Gasteiger partial charge on any atom is -0.369 e. The van der Waals surface area contributed by atoms with Gasteiger partial charge in [-0.1, -0.05) is 17.4 Å². The third-order valence-electron chi connectivity index (χ3n) is 4.80. The fourth-order valence-electron chi connectivity index (χ4n) is 3.24. The molecular formula is C20H22FN5O2S2. The quantitative estimate of drug-likeness (QED) is 0.544. The first-order chi connectivity index (χ1) is 14.5. The Bertz CT molecular complexity index is 1100. The van der Waals surface area contributed by atoms with E-state index in [1.54, 1.807) is 6.20 Å². The van der Waals surface area contributed by atoms with Crippen molar-refractivity contribution in [2.75, 3.05) is 36.8 Å². The fourth-order valence-corrected chi connectivity index (χ4v) is 5.72. The lowest BCUT2D eigenvalue weighted by molar-refractivity contribution is 0.352. The lowest BCUT2D eigenvalue weighted by atomic mass is 10.4. The Morgan fingerprint density at radius 3 is 2.67 bits per heavy atom. The number of thiazole rings is 1. The van der Waals surface area contributed by atoms with Crippen LogP contribution in [-0.4, -0.2) is 49.5 Å². The molecule has 1 saturated heterocycles. The summed E-state index contributed by atoms with van der Waals surface area (Å²) in [6.45, 7) is 4.18. The smallest absolute Gasteiger partial charge is 0.217 e. The molecule has 0 radical (unpaired) electrons. The molecule has 1 aliphatic rings. The van der Waals surface area contributed by atoms with Crippen LogP contribution in [0.1, 0.15) is 12.8 Å². The van der Waals surface area contributed by atoms with Crippen molar-refractivity contribution in [3.63, 3.8) is 0 Å². The standard InChI is InChI=1S/C20H22FN5O2S2/c21-15-4-3-5-17(12-15)30(27,28)19-14-24-20(29-19)25-16-6-7-18(23-13-16)22-8-11-26-9-1-2-10-26/h3-7,12-14H,1-2,8-11H2,(H,22,23)(H,24,25). The van der Waals surface area contributed by atoms with Crippen molar-refractivity contribution in [1.29, 1.82) is 0 Å². The van der Waals surface area contributed by atoms with Crippen LogP contribution in [-0.2, 0) is 9.84 Å². The fraction of sp³-hybridized carbons (Fsp3) is 0.300. The largest absolute Gasteiger partial charge is 0.369 e. The summed E-state index contributed by atoms with van der Waals surface area (Å²) in [4.78, 5) is 10.8. The van der Waals surface area contributed by atoms with Crippen molar-refractivity contribution in [1.82, 2.24) is 14.9 Å². The van der Waals surface area contributed by atoms with Crippen molar-refractivity contribution < 1.29 is 12.8 Å². The number of halogens is 1. The van der Waals surface area contributed by atoms with Gasteiger partial charge in [0.05, 0.1) is 23.0 Å². The van der Waals surface area contributed by atoms with Gasteiger partial charge in [0.2, 0.25) is 9.84 Å². The average molecular weight is 448 g/mol. The van der Waals surface area contributed by atoms with Crippen LogP contribution in [0.15, 0.2) is 57.9 Å². The molecule has 0 saturated carbocycles. The Balaban J connectivity index is 1.36. The SMILES string of the molecule is O=S(=O)(c1cccc(F)c1)c1cnc(Nc2ccc(NCCN3CCCC3)nc2)s1. The zero-order valence-electron chi connectivity index (χ0n) is 16.2. The van der Waals surface area contributed by atoms with Gasteiger partial charge in [0.1, 0.15) is 15.8 Å². The van der Waals surface area contributed by atoms with Gasteiger partial charge in [-0.15, -0.1) is 0 Å². The first-order valence-corrected chi connectivity index (χ1v) is 12.0. The molecule has 3 aromatic rings. The molecular weight excluding hydrogens is 425 g/mol. The van der Waals surface area contributed by atoms with Crippen LogP contribution in [0.4, 0.5) is 21.0 Å². The topological polar surface area (TPSA) is 87.2 Å². The van der Waals surface area contributed by atoms with Gasteiger partial charge >= 0.3 is 0 Å². The van der Waals surface area contributed by atoms with E-state index in [0.717, 1.165) is 36.3 Å². The Morgan fingerprint density at radius 1 is 1.10 bits per heavy atom. The van der Waals surface area contributed by atoms with E-state index in [0.29, 0.717) is 10.8 Å². The molecule has 30 heavy (non-hydrogen) atoms. The third kappa shape index (κ3) is 4.94. The second-order valence-electron chi connectivity index (χ2n) is 6.98. The second-order valence-corrected chi connectivity index (χ2v) is 10.2. The van der Waals surface area contributed by atoms with Crippen LogP contribution >= 0.6 is 11.3 Å². The minimum absolute atomic E-state index is 0.0451. The monoisotopic (exact) mass is 447 g/mol. The van der Waals surface area contributed by atoms with E-state index in [-0.39, 0.29) is 9.10 Å². The van der Waals surface area contributed by atoms with E-state index in [1.165, 1.54) is 50.3 Å². The maximum absolute atomic E-state index is 13.4. The van der Waals surface area contributed by atoms with Gasteiger partial charge in [-0.3, -0.25) is 0 Å². The maximum atomic E-state index is 13.4. The number of pyridine rings is 1. The number of nitrogens with one attached hydrogen (secondary N) is 2. The van der Waals surface area contributed by atoms with Gasteiger partial charge in [0.15, 0.2) is 5.13 Å². The Labute approximate surface area is 178 Å². The van der Waals surface area contributed by atoms with E-state index in [1.807, 2.05) is 12.1 Å². The minimum atomic E-state index is -3.81. The van der Waals surface area contributed by atoms with Gasteiger partial charge in [-0.05, 0) is 56.3 Å². The van der Waals surface area contributed by atoms with Crippen molar-refractivity contribution in [2.24, 2.45) is 0 Å². The summed E-state index contributed by atoms with van der Waals surface area (Å²) < 4.78 is 38.7. The van der Waals surface area contributed by atoms with Crippen LogP contribution in [0.3, 0.4) is 0 Å². The van der Waals surface area contributed by atoms with Crippen LogP contribution in [0, 0.1) is 5.82 Å². The number of aromatic nitrogens is 2. The number of rotatable bonds is 8. The van der Waals surface area contributed by atoms with Gasteiger partial charge in [-0.2, -0.15) is 0 Å². The van der Waals surface area contributed by atoms with Crippen LogP contribution in [0.2, 0.25) is 0 Å². The summed E-state index contributed by atoms with van der Waals surface area (Å²) in [6.07, 6.45) is 5.50. The molecule has 158 valence electrons. The molecule has 1 aliphatic heterocycles. The van der Waals surface area contributed by atoms with Gasteiger partial charge in [-0.25, -0.2) is 22.8 Å². The normalized spacial score (nSPS) is 14.7. The lowest BCUT2D eigenvalue weighted by Gasteiger charge is -2.15. The average Bonchev–Trinajstić information content (AvgIpc) is 3.42. The maximum Gasteiger partial charge on any atom is 0.217 e. The van der Waals surface area contributed by atoms with Crippen molar-refractivity contribution in [3.05, 3.63) is 54.6 Å². The predicted molar refractivity (Wildman–Crippen MR) is 116 cm³/mol. The number of hydrogen-bond donors (Lipinski definition) is 2. The molecule has 0 unspecified atom stereocenters. The molecule has 0 aliphatic carbocycles. The van der Waals surface area contributed by atoms with Gasteiger partial charge in [0.25, 0.3) is 0 Å². The van der Waals surface area contributed by atoms with E-state index >= 15 is 0 Å². The summed E-state index contributed by atoms with van der Waals surface area (Å²) in [5, 5.41) is 6.78. The zero-order valence-corrected chi connectivity index (χ0v) is 17.8. The summed E-state index contributed by atoms with van der Waals surface area (Å²) in [7, 11) is -3.81. The molecule has 0 spiro atoms. The highest BCUT2D eigenvalue weighted by Gasteiger charge is 2.21. The van der Waals surface area contributed by atoms with E-state index in [9.17, 15) is 12.8 Å². The molecule has 2 aromatic heterocycles. The number of sulfone groups is 1. The number of anilines is 3. The predicted octanol–water partition coefficient (Wildman–Crippen LogP) is 3.76. The zero-order chi connectivity index (χ0) is 21.0. The molecule has 1 fully saturated rings. The molecule has 10 heteroatoms. The first-order valence-electron chi connectivity index (χ1n) is 9.66.